The smallest absolute Gasteiger partial charge is 0.374 e. The van der Waals surface area contributed by atoms with Crippen LogP contribution in [0.3, 0.4) is 0 Å². The summed E-state index contributed by atoms with van der Waals surface area (Å²) in [5.41, 5.74) is 3.83. The molecule has 0 aliphatic heterocycles. The van der Waals surface area contributed by atoms with Crippen LogP contribution < -0.4 is 0 Å². The van der Waals surface area contributed by atoms with Crippen LogP contribution in [0, 0.1) is 13.8 Å². The summed E-state index contributed by atoms with van der Waals surface area (Å²) in [6.45, 7) is 12.1. The third kappa shape index (κ3) is 4.73. The van der Waals surface area contributed by atoms with E-state index in [0.29, 0.717) is 19.8 Å². The van der Waals surface area contributed by atoms with Gasteiger partial charge in [-0.15, -0.1) is 0 Å². The molecule has 0 radical (unpaired) electrons. The molecular weight excluding hydrogens is 256 g/mol. The van der Waals surface area contributed by atoms with E-state index in [1.807, 2.05) is 20.8 Å². The first-order valence-corrected chi connectivity index (χ1v) is 8.98. The van der Waals surface area contributed by atoms with Gasteiger partial charge in [0.15, 0.2) is 0 Å². The molecule has 0 aromatic heterocycles. The molecule has 108 valence electrons. The van der Waals surface area contributed by atoms with Gasteiger partial charge in [-0.1, -0.05) is 18.2 Å². The SMILES string of the molecule is CCO[Si](Cc1ccc(C)c(C)c1)(OCC)OCC. The fourth-order valence-corrected chi connectivity index (χ4v) is 4.70. The zero-order chi connectivity index (χ0) is 14.3. The maximum atomic E-state index is 5.88. The highest BCUT2D eigenvalue weighted by molar-refractivity contribution is 6.60. The molecule has 19 heavy (non-hydrogen) atoms. The Balaban J connectivity index is 2.93. The van der Waals surface area contributed by atoms with Gasteiger partial charge >= 0.3 is 8.80 Å². The molecule has 0 spiro atoms. The third-order valence-corrected chi connectivity index (χ3v) is 6.11. The monoisotopic (exact) mass is 282 g/mol. The van der Waals surface area contributed by atoms with Crippen LogP contribution in [0.2, 0.25) is 0 Å². The van der Waals surface area contributed by atoms with Gasteiger partial charge in [0.1, 0.15) is 0 Å². The summed E-state index contributed by atoms with van der Waals surface area (Å²) >= 11 is 0. The summed E-state index contributed by atoms with van der Waals surface area (Å²) < 4.78 is 17.6. The molecule has 0 unspecified atom stereocenters. The van der Waals surface area contributed by atoms with E-state index in [0.717, 1.165) is 6.04 Å². The van der Waals surface area contributed by atoms with E-state index in [1.165, 1.54) is 16.7 Å². The van der Waals surface area contributed by atoms with Crippen molar-refractivity contribution in [3.63, 3.8) is 0 Å². The van der Waals surface area contributed by atoms with Crippen LogP contribution in [0.1, 0.15) is 37.5 Å². The van der Waals surface area contributed by atoms with Gasteiger partial charge in [-0.3, -0.25) is 0 Å². The van der Waals surface area contributed by atoms with Crippen LogP contribution in [0.5, 0.6) is 0 Å². The fraction of sp³-hybridized carbons (Fsp3) is 0.600. The van der Waals surface area contributed by atoms with Crippen molar-refractivity contribution in [1.82, 2.24) is 0 Å². The first kappa shape index (κ1) is 16.4. The third-order valence-electron chi connectivity index (χ3n) is 3.08. The Kier molecular flexibility index (Phi) is 6.72. The Hall–Kier alpha value is -0.683. The number of hydrogen-bond donors (Lipinski definition) is 0. The van der Waals surface area contributed by atoms with Crippen LogP contribution in [0.15, 0.2) is 18.2 Å². The van der Waals surface area contributed by atoms with Gasteiger partial charge in [-0.2, -0.15) is 0 Å². The summed E-state index contributed by atoms with van der Waals surface area (Å²) in [6, 6.07) is 7.23. The van der Waals surface area contributed by atoms with Crippen LogP contribution >= 0.6 is 0 Å². The second-order valence-electron chi connectivity index (χ2n) is 4.58. The van der Waals surface area contributed by atoms with Crippen molar-refractivity contribution < 1.29 is 13.3 Å². The zero-order valence-electron chi connectivity index (χ0n) is 12.8. The van der Waals surface area contributed by atoms with Gasteiger partial charge in [0.05, 0.1) is 0 Å². The molecule has 4 heteroatoms. The molecule has 3 nitrogen and oxygen atoms in total. The van der Waals surface area contributed by atoms with Crippen molar-refractivity contribution >= 4 is 8.80 Å². The predicted molar refractivity (Wildman–Crippen MR) is 80.3 cm³/mol. The van der Waals surface area contributed by atoms with Crippen LogP contribution in [0.4, 0.5) is 0 Å². The molecule has 0 bridgehead atoms. The summed E-state index contributed by atoms with van der Waals surface area (Å²) in [5, 5.41) is 0. The number of hydrogen-bond acceptors (Lipinski definition) is 3. The Bertz CT molecular complexity index is 376. The molecule has 0 aliphatic rings. The summed E-state index contributed by atoms with van der Waals surface area (Å²) in [4.78, 5) is 0. The maximum Gasteiger partial charge on any atom is 0.505 e. The lowest BCUT2D eigenvalue weighted by atomic mass is 10.1. The first-order chi connectivity index (χ1) is 9.06. The lowest BCUT2D eigenvalue weighted by Crippen LogP contribution is -2.48. The molecule has 0 N–H and O–H groups in total. The maximum absolute atomic E-state index is 5.88. The molecule has 0 saturated heterocycles. The number of rotatable bonds is 8. The molecule has 1 rings (SSSR count). The van der Waals surface area contributed by atoms with E-state index in [-0.39, 0.29) is 0 Å². The molecule has 0 aliphatic carbocycles. The van der Waals surface area contributed by atoms with Crippen molar-refractivity contribution in [3.05, 3.63) is 34.9 Å². The van der Waals surface area contributed by atoms with E-state index in [1.54, 1.807) is 0 Å². The normalized spacial score (nSPS) is 11.8. The lowest BCUT2D eigenvalue weighted by molar-refractivity contribution is 0.0704. The molecule has 1 aromatic rings. The van der Waals surface area contributed by atoms with Crippen molar-refractivity contribution in [2.75, 3.05) is 19.8 Å². The van der Waals surface area contributed by atoms with E-state index >= 15 is 0 Å². The van der Waals surface area contributed by atoms with E-state index in [4.69, 9.17) is 13.3 Å². The average Bonchev–Trinajstić information content (AvgIpc) is 2.35. The van der Waals surface area contributed by atoms with Crippen molar-refractivity contribution in [3.8, 4) is 0 Å². The minimum Gasteiger partial charge on any atom is -0.374 e. The largest absolute Gasteiger partial charge is 0.505 e. The summed E-state index contributed by atoms with van der Waals surface area (Å²) in [7, 11) is -2.58. The Morgan fingerprint density at radius 1 is 0.842 bits per heavy atom. The molecule has 0 fully saturated rings. The minimum absolute atomic E-state index is 0.622. The molecule has 0 saturated carbocycles. The highest BCUT2D eigenvalue weighted by atomic mass is 28.4. The van der Waals surface area contributed by atoms with Crippen molar-refractivity contribution in [2.45, 2.75) is 40.7 Å². The van der Waals surface area contributed by atoms with E-state index in [9.17, 15) is 0 Å². The van der Waals surface area contributed by atoms with Crippen LogP contribution in [0.25, 0.3) is 0 Å². The molecule has 0 heterocycles. The molecule has 0 atom stereocenters. The predicted octanol–water partition coefficient (Wildman–Crippen LogP) is 3.43. The second kappa shape index (κ2) is 7.80. The van der Waals surface area contributed by atoms with E-state index in [2.05, 4.69) is 32.0 Å². The quantitative estimate of drug-likeness (QED) is 0.684. The fourth-order valence-electron chi connectivity index (χ4n) is 2.10. The van der Waals surface area contributed by atoms with Crippen molar-refractivity contribution in [2.24, 2.45) is 0 Å². The Morgan fingerprint density at radius 2 is 1.37 bits per heavy atom. The zero-order valence-corrected chi connectivity index (χ0v) is 13.8. The summed E-state index contributed by atoms with van der Waals surface area (Å²) in [5.74, 6) is 0. The highest BCUT2D eigenvalue weighted by Crippen LogP contribution is 2.19. The average molecular weight is 282 g/mol. The first-order valence-electron chi connectivity index (χ1n) is 7.04. The van der Waals surface area contributed by atoms with Crippen molar-refractivity contribution in [1.29, 1.82) is 0 Å². The topological polar surface area (TPSA) is 27.7 Å². The standard InChI is InChI=1S/C15H26O3Si/c1-6-16-19(17-7-2,18-8-3)12-15-10-9-13(4)14(5)11-15/h9-11H,6-8,12H2,1-5H3. The second-order valence-corrected chi connectivity index (χ2v) is 7.16. The Morgan fingerprint density at radius 3 is 1.79 bits per heavy atom. The number of benzene rings is 1. The van der Waals surface area contributed by atoms with Gasteiger partial charge in [-0.25, -0.2) is 0 Å². The van der Waals surface area contributed by atoms with Gasteiger partial charge in [-0.05, 0) is 51.3 Å². The van der Waals surface area contributed by atoms with Gasteiger partial charge in [0.25, 0.3) is 0 Å². The van der Waals surface area contributed by atoms with Gasteiger partial charge in [0, 0.05) is 25.9 Å². The van der Waals surface area contributed by atoms with Crippen LogP contribution in [-0.4, -0.2) is 28.6 Å². The van der Waals surface area contributed by atoms with Gasteiger partial charge < -0.3 is 13.3 Å². The Labute approximate surface area is 118 Å². The van der Waals surface area contributed by atoms with E-state index < -0.39 is 8.80 Å². The molecule has 0 amide bonds. The lowest BCUT2D eigenvalue weighted by Gasteiger charge is -2.28. The van der Waals surface area contributed by atoms with Gasteiger partial charge in [0.2, 0.25) is 0 Å². The molecular formula is C15H26O3Si. The minimum atomic E-state index is -2.58. The highest BCUT2D eigenvalue weighted by Gasteiger charge is 2.40. The molecule has 1 aromatic carbocycles. The summed E-state index contributed by atoms with van der Waals surface area (Å²) in [6.07, 6.45) is 0. The van der Waals surface area contributed by atoms with Crippen LogP contribution in [-0.2, 0) is 19.3 Å². The number of aryl methyl sites for hydroxylation is 2.